The molecule has 122 valence electrons. The van der Waals surface area contributed by atoms with Crippen LogP contribution in [0.15, 0.2) is 40.9 Å². The zero-order chi connectivity index (χ0) is 17.0. The first-order chi connectivity index (χ1) is 11.0. The molecule has 0 spiro atoms. The van der Waals surface area contributed by atoms with Crippen molar-refractivity contribution in [3.63, 3.8) is 0 Å². The van der Waals surface area contributed by atoms with E-state index < -0.39 is 12.0 Å². The third-order valence-electron chi connectivity index (χ3n) is 4.07. The predicted molar refractivity (Wildman–Crippen MR) is 94.4 cm³/mol. The van der Waals surface area contributed by atoms with E-state index in [1.165, 1.54) is 7.11 Å². The van der Waals surface area contributed by atoms with E-state index in [1.807, 2.05) is 44.2 Å². The Morgan fingerprint density at radius 2 is 1.83 bits per heavy atom. The fraction of sp³-hybridized carbons (Fsp3) is 0.333. The molecule has 23 heavy (non-hydrogen) atoms. The van der Waals surface area contributed by atoms with E-state index in [0.29, 0.717) is 5.56 Å². The van der Waals surface area contributed by atoms with Gasteiger partial charge in [0.2, 0.25) is 0 Å². The summed E-state index contributed by atoms with van der Waals surface area (Å²) in [5.74, 6) is -0.702. The van der Waals surface area contributed by atoms with Gasteiger partial charge in [0.25, 0.3) is 5.91 Å². The number of carbonyl (C=O) groups excluding carboxylic acids is 2. The number of esters is 1. The molecule has 2 aromatic carbocycles. The number of hydrogen-bond acceptors (Lipinski definition) is 3. The molecule has 1 unspecified atom stereocenters. The molecular weight excluding hydrogens is 358 g/mol. The molecule has 0 bridgehead atoms. The van der Waals surface area contributed by atoms with Crippen LogP contribution in [-0.4, -0.2) is 25.0 Å². The summed E-state index contributed by atoms with van der Waals surface area (Å²) in [4.78, 5) is 24.6. The molecule has 0 aromatic heterocycles. The molecule has 2 atom stereocenters. The molecular formula is C18H20BrNO3. The number of amides is 1. The van der Waals surface area contributed by atoms with Crippen molar-refractivity contribution in [1.29, 1.82) is 0 Å². The molecule has 4 nitrogen and oxygen atoms in total. The topological polar surface area (TPSA) is 55.4 Å². The van der Waals surface area contributed by atoms with Crippen molar-refractivity contribution < 1.29 is 14.3 Å². The Morgan fingerprint density at radius 3 is 2.43 bits per heavy atom. The highest BCUT2D eigenvalue weighted by molar-refractivity contribution is 9.10. The Morgan fingerprint density at radius 1 is 1.17 bits per heavy atom. The zero-order valence-electron chi connectivity index (χ0n) is 13.4. The van der Waals surface area contributed by atoms with Crippen molar-refractivity contribution in [3.05, 3.63) is 46.4 Å². The zero-order valence-corrected chi connectivity index (χ0v) is 15.0. The van der Waals surface area contributed by atoms with Gasteiger partial charge >= 0.3 is 5.97 Å². The van der Waals surface area contributed by atoms with E-state index in [4.69, 9.17) is 4.74 Å². The summed E-state index contributed by atoms with van der Waals surface area (Å²) in [6.45, 7) is 3.89. The van der Waals surface area contributed by atoms with Gasteiger partial charge in [-0.3, -0.25) is 4.79 Å². The van der Waals surface area contributed by atoms with Gasteiger partial charge < -0.3 is 10.1 Å². The lowest BCUT2D eigenvalue weighted by Gasteiger charge is -2.22. The highest BCUT2D eigenvalue weighted by Gasteiger charge is 2.27. The lowest BCUT2D eigenvalue weighted by molar-refractivity contribution is -0.144. The number of benzene rings is 2. The number of halogens is 1. The fourth-order valence-electron chi connectivity index (χ4n) is 2.48. The molecule has 0 fully saturated rings. The number of nitrogens with one attached hydrogen (secondary N) is 1. The third-order valence-corrected chi connectivity index (χ3v) is 4.76. The molecule has 1 amide bonds. The van der Waals surface area contributed by atoms with Crippen molar-refractivity contribution in [3.8, 4) is 0 Å². The van der Waals surface area contributed by atoms with Crippen molar-refractivity contribution in [1.82, 2.24) is 5.32 Å². The molecule has 5 heteroatoms. The van der Waals surface area contributed by atoms with Crippen molar-refractivity contribution in [2.45, 2.75) is 26.3 Å². The number of ether oxygens (including phenoxy) is 1. The summed E-state index contributed by atoms with van der Waals surface area (Å²) < 4.78 is 5.74. The lowest BCUT2D eigenvalue weighted by Crippen LogP contribution is -2.45. The van der Waals surface area contributed by atoms with Crippen LogP contribution in [0.2, 0.25) is 0 Å². The maximum atomic E-state index is 12.7. The molecule has 0 saturated carbocycles. The van der Waals surface area contributed by atoms with Gasteiger partial charge in [-0.2, -0.15) is 0 Å². The van der Waals surface area contributed by atoms with Crippen LogP contribution in [0.1, 0.15) is 30.6 Å². The van der Waals surface area contributed by atoms with Crippen molar-refractivity contribution in [2.75, 3.05) is 7.11 Å². The SMILES string of the molecule is CCC(C)[C@H](NC(=O)c1ccc(Br)c2ccccc12)C(=O)OC. The summed E-state index contributed by atoms with van der Waals surface area (Å²) in [5.41, 5.74) is 0.543. The molecule has 0 aliphatic carbocycles. The highest BCUT2D eigenvalue weighted by Crippen LogP contribution is 2.27. The normalized spacial score (nSPS) is 13.4. The second-order valence-electron chi connectivity index (χ2n) is 5.50. The van der Waals surface area contributed by atoms with Gasteiger partial charge in [-0.15, -0.1) is 0 Å². The molecule has 0 radical (unpaired) electrons. The molecule has 0 aliphatic rings. The summed E-state index contributed by atoms with van der Waals surface area (Å²) in [6, 6.07) is 10.6. The highest BCUT2D eigenvalue weighted by atomic mass is 79.9. The van der Waals surface area contributed by atoms with E-state index in [1.54, 1.807) is 6.07 Å². The van der Waals surface area contributed by atoms with E-state index in [-0.39, 0.29) is 11.8 Å². The second kappa shape index (κ2) is 7.59. The number of methoxy groups -OCH3 is 1. The van der Waals surface area contributed by atoms with Crippen LogP contribution in [0, 0.1) is 5.92 Å². The maximum absolute atomic E-state index is 12.7. The number of carbonyl (C=O) groups is 2. The summed E-state index contributed by atoms with van der Waals surface area (Å²) in [5, 5.41) is 4.61. The van der Waals surface area contributed by atoms with Gasteiger partial charge in [-0.1, -0.05) is 60.5 Å². The third kappa shape index (κ3) is 3.72. The minimum atomic E-state index is -0.653. The van der Waals surface area contributed by atoms with Gasteiger partial charge in [0, 0.05) is 10.0 Å². The minimum absolute atomic E-state index is 0.00638. The number of rotatable bonds is 5. The lowest BCUT2D eigenvalue weighted by atomic mass is 9.98. The summed E-state index contributed by atoms with van der Waals surface area (Å²) >= 11 is 3.49. The molecule has 0 saturated heterocycles. The Balaban J connectivity index is 2.37. The average Bonchev–Trinajstić information content (AvgIpc) is 2.58. The average molecular weight is 378 g/mol. The smallest absolute Gasteiger partial charge is 0.328 e. The standard InChI is InChI=1S/C18H20BrNO3/c1-4-11(2)16(18(22)23-3)20-17(21)14-9-10-15(19)13-8-6-5-7-12(13)14/h5-11,16H,4H2,1-3H3,(H,20,21)/t11?,16-/m0/s1. The first-order valence-electron chi connectivity index (χ1n) is 7.55. The van der Waals surface area contributed by atoms with Crippen molar-refractivity contribution in [2.24, 2.45) is 5.92 Å². The van der Waals surface area contributed by atoms with Crippen LogP contribution in [0.5, 0.6) is 0 Å². The van der Waals surface area contributed by atoms with E-state index in [0.717, 1.165) is 21.7 Å². The van der Waals surface area contributed by atoms with Crippen LogP contribution in [0.25, 0.3) is 10.8 Å². The van der Waals surface area contributed by atoms with Gasteiger partial charge in [0.05, 0.1) is 7.11 Å². The van der Waals surface area contributed by atoms with Crippen LogP contribution < -0.4 is 5.32 Å². The van der Waals surface area contributed by atoms with Gasteiger partial charge in [-0.05, 0) is 28.8 Å². The second-order valence-corrected chi connectivity index (χ2v) is 6.35. The maximum Gasteiger partial charge on any atom is 0.328 e. The largest absolute Gasteiger partial charge is 0.467 e. The number of hydrogen-bond donors (Lipinski definition) is 1. The first-order valence-corrected chi connectivity index (χ1v) is 8.34. The molecule has 2 rings (SSSR count). The van der Waals surface area contributed by atoms with Gasteiger partial charge in [0.1, 0.15) is 6.04 Å². The minimum Gasteiger partial charge on any atom is -0.467 e. The van der Waals surface area contributed by atoms with Crippen molar-refractivity contribution >= 4 is 38.6 Å². The van der Waals surface area contributed by atoms with Crippen LogP contribution in [0.4, 0.5) is 0 Å². The van der Waals surface area contributed by atoms with Crippen LogP contribution in [0.3, 0.4) is 0 Å². The molecule has 0 heterocycles. The number of fused-ring (bicyclic) bond motifs is 1. The monoisotopic (exact) mass is 377 g/mol. The Bertz CT molecular complexity index is 729. The Hall–Kier alpha value is -1.88. The van der Waals surface area contributed by atoms with Gasteiger partial charge in [0.15, 0.2) is 0 Å². The van der Waals surface area contributed by atoms with E-state index in [2.05, 4.69) is 21.2 Å². The quantitative estimate of drug-likeness (QED) is 0.803. The van der Waals surface area contributed by atoms with E-state index >= 15 is 0 Å². The van der Waals surface area contributed by atoms with Crippen LogP contribution >= 0.6 is 15.9 Å². The molecule has 1 N–H and O–H groups in total. The predicted octanol–water partition coefficient (Wildman–Crippen LogP) is 3.92. The summed E-state index contributed by atoms with van der Waals surface area (Å²) in [7, 11) is 1.33. The molecule has 2 aromatic rings. The van der Waals surface area contributed by atoms with Crippen LogP contribution in [-0.2, 0) is 9.53 Å². The summed E-state index contributed by atoms with van der Waals surface area (Å²) in [6.07, 6.45) is 0.765. The Labute approximate surface area is 144 Å². The first kappa shape index (κ1) is 17.5. The van der Waals surface area contributed by atoms with Gasteiger partial charge in [-0.25, -0.2) is 4.79 Å². The Kier molecular flexibility index (Phi) is 5.77. The van der Waals surface area contributed by atoms with E-state index in [9.17, 15) is 9.59 Å². The fourth-order valence-corrected chi connectivity index (χ4v) is 2.95. The molecule has 0 aliphatic heterocycles.